The molecule has 0 aliphatic carbocycles. The largest absolute Gasteiger partial charge is 0.395 e. The minimum Gasteiger partial charge on any atom is -0.395 e. The van der Waals surface area contributed by atoms with Gasteiger partial charge in [-0.1, -0.05) is 0 Å². The Hall–Kier alpha value is -0.160. The molecular weight excluding hydrogens is 202 g/mol. The lowest BCUT2D eigenvalue weighted by Gasteiger charge is -2.33. The Bertz CT molecular complexity index is 222. The van der Waals surface area contributed by atoms with E-state index >= 15 is 0 Å². The Balaban J connectivity index is 1.99. The van der Waals surface area contributed by atoms with Gasteiger partial charge in [0.2, 0.25) is 0 Å². The molecule has 3 atom stereocenters. The summed E-state index contributed by atoms with van der Waals surface area (Å²) in [6.07, 6.45) is 3.85. The number of aliphatic hydroxyl groups excluding tert-OH is 1. The van der Waals surface area contributed by atoms with Gasteiger partial charge in [-0.25, -0.2) is 0 Å². The first kappa shape index (κ1) is 12.3. The molecule has 0 amide bonds. The van der Waals surface area contributed by atoms with Crippen LogP contribution in [0.2, 0.25) is 0 Å². The van der Waals surface area contributed by atoms with Crippen LogP contribution >= 0.6 is 0 Å². The predicted octanol–water partition coefficient (Wildman–Crippen LogP) is -0.135. The summed E-state index contributed by atoms with van der Waals surface area (Å²) in [4.78, 5) is 5.01. The molecule has 94 valence electrons. The van der Waals surface area contributed by atoms with Gasteiger partial charge in [0.1, 0.15) is 0 Å². The van der Waals surface area contributed by atoms with Crippen LogP contribution < -0.4 is 5.73 Å². The maximum Gasteiger partial charge on any atom is 0.0601 e. The molecule has 0 bridgehead atoms. The summed E-state index contributed by atoms with van der Waals surface area (Å²) in [7, 11) is 0. The van der Waals surface area contributed by atoms with E-state index in [0.29, 0.717) is 6.04 Å². The first-order valence-electron chi connectivity index (χ1n) is 6.57. The van der Waals surface area contributed by atoms with Gasteiger partial charge in [0.15, 0.2) is 0 Å². The van der Waals surface area contributed by atoms with E-state index in [1.807, 2.05) is 6.92 Å². The average molecular weight is 227 g/mol. The summed E-state index contributed by atoms with van der Waals surface area (Å²) in [5.74, 6) is 0. The molecular formula is C12H25N3O. The zero-order valence-corrected chi connectivity index (χ0v) is 10.3. The monoisotopic (exact) mass is 227 g/mol. The Kier molecular flexibility index (Phi) is 4.19. The fraction of sp³-hybridized carbons (Fsp3) is 1.00. The molecule has 2 aliphatic rings. The first-order chi connectivity index (χ1) is 7.72. The highest BCUT2D eigenvalue weighted by Gasteiger charge is 2.32. The second-order valence-corrected chi connectivity index (χ2v) is 5.29. The van der Waals surface area contributed by atoms with Crippen molar-refractivity contribution in [3.8, 4) is 0 Å². The fourth-order valence-electron chi connectivity index (χ4n) is 3.15. The maximum atomic E-state index is 9.45. The third-order valence-electron chi connectivity index (χ3n) is 4.10. The van der Waals surface area contributed by atoms with Gasteiger partial charge in [-0.2, -0.15) is 0 Å². The van der Waals surface area contributed by atoms with Crippen LogP contribution in [0.1, 0.15) is 26.2 Å². The molecule has 0 aromatic carbocycles. The summed E-state index contributed by atoms with van der Waals surface area (Å²) in [5.41, 5.74) is 5.95. The van der Waals surface area contributed by atoms with Gasteiger partial charge in [0, 0.05) is 24.7 Å². The summed E-state index contributed by atoms with van der Waals surface area (Å²) in [6.45, 7) is 6.84. The summed E-state index contributed by atoms with van der Waals surface area (Å²) < 4.78 is 0. The zero-order chi connectivity index (χ0) is 11.5. The van der Waals surface area contributed by atoms with Crippen LogP contribution in [0, 0.1) is 0 Å². The minimum absolute atomic E-state index is 0.0537. The topological polar surface area (TPSA) is 52.7 Å². The van der Waals surface area contributed by atoms with Crippen LogP contribution in [0.4, 0.5) is 0 Å². The highest BCUT2D eigenvalue weighted by molar-refractivity contribution is 4.89. The molecule has 0 aromatic heterocycles. The van der Waals surface area contributed by atoms with E-state index in [0.717, 1.165) is 13.1 Å². The second-order valence-electron chi connectivity index (χ2n) is 5.29. The number of nitrogens with zero attached hydrogens (tertiary/aromatic N) is 2. The van der Waals surface area contributed by atoms with Crippen LogP contribution in [0.15, 0.2) is 0 Å². The third-order valence-corrected chi connectivity index (χ3v) is 4.10. The molecule has 3 unspecified atom stereocenters. The lowest BCUT2D eigenvalue weighted by atomic mass is 10.1. The number of hydrogen-bond acceptors (Lipinski definition) is 4. The molecule has 3 N–H and O–H groups in total. The minimum atomic E-state index is 0.0537. The van der Waals surface area contributed by atoms with Crippen molar-refractivity contribution in [3.63, 3.8) is 0 Å². The van der Waals surface area contributed by atoms with Gasteiger partial charge in [-0.3, -0.25) is 9.80 Å². The Morgan fingerprint density at radius 3 is 2.75 bits per heavy atom. The highest BCUT2D eigenvalue weighted by Crippen LogP contribution is 2.22. The van der Waals surface area contributed by atoms with E-state index in [1.54, 1.807) is 0 Å². The molecule has 2 fully saturated rings. The van der Waals surface area contributed by atoms with Gasteiger partial charge >= 0.3 is 0 Å². The smallest absolute Gasteiger partial charge is 0.0601 e. The molecule has 2 saturated heterocycles. The number of fused-ring (bicyclic) bond motifs is 1. The standard InChI is InChI=1S/C12H25N3O/c1-10(13)12(9-16)15-7-3-6-14-5-2-4-11(14)8-15/h10-12,16H,2-9,13H2,1H3. The lowest BCUT2D eigenvalue weighted by molar-refractivity contribution is 0.100. The van der Waals surface area contributed by atoms with Crippen molar-refractivity contribution in [2.45, 2.75) is 44.3 Å². The van der Waals surface area contributed by atoms with Crippen LogP contribution in [0.5, 0.6) is 0 Å². The molecule has 2 rings (SSSR count). The summed E-state index contributed by atoms with van der Waals surface area (Å²) >= 11 is 0. The number of aliphatic hydroxyl groups is 1. The molecule has 4 heteroatoms. The van der Waals surface area contributed by atoms with E-state index in [4.69, 9.17) is 5.73 Å². The van der Waals surface area contributed by atoms with E-state index < -0.39 is 0 Å². The average Bonchev–Trinajstić information content (AvgIpc) is 2.58. The normalized spacial score (nSPS) is 32.1. The Morgan fingerprint density at radius 1 is 1.31 bits per heavy atom. The van der Waals surface area contributed by atoms with Crippen LogP contribution in [-0.2, 0) is 0 Å². The number of rotatable bonds is 3. The van der Waals surface area contributed by atoms with Gasteiger partial charge in [-0.05, 0) is 45.8 Å². The fourth-order valence-corrected chi connectivity index (χ4v) is 3.15. The van der Waals surface area contributed by atoms with Gasteiger partial charge in [0.25, 0.3) is 0 Å². The Morgan fingerprint density at radius 2 is 2.06 bits per heavy atom. The van der Waals surface area contributed by atoms with Gasteiger partial charge in [-0.15, -0.1) is 0 Å². The number of nitrogens with two attached hydrogens (primary N) is 1. The predicted molar refractivity (Wildman–Crippen MR) is 65.3 cm³/mol. The molecule has 4 nitrogen and oxygen atoms in total. The van der Waals surface area contributed by atoms with E-state index in [2.05, 4.69) is 9.80 Å². The van der Waals surface area contributed by atoms with Crippen molar-refractivity contribution >= 4 is 0 Å². The zero-order valence-electron chi connectivity index (χ0n) is 10.3. The van der Waals surface area contributed by atoms with Crippen molar-refractivity contribution in [1.29, 1.82) is 0 Å². The quantitative estimate of drug-likeness (QED) is 0.705. The van der Waals surface area contributed by atoms with Crippen molar-refractivity contribution in [1.82, 2.24) is 9.80 Å². The van der Waals surface area contributed by atoms with Crippen molar-refractivity contribution in [3.05, 3.63) is 0 Å². The van der Waals surface area contributed by atoms with Crippen LogP contribution in [0.25, 0.3) is 0 Å². The highest BCUT2D eigenvalue weighted by atomic mass is 16.3. The molecule has 16 heavy (non-hydrogen) atoms. The van der Waals surface area contributed by atoms with Crippen molar-refractivity contribution in [2.24, 2.45) is 5.73 Å². The van der Waals surface area contributed by atoms with E-state index in [-0.39, 0.29) is 18.7 Å². The van der Waals surface area contributed by atoms with Crippen molar-refractivity contribution in [2.75, 3.05) is 32.8 Å². The third kappa shape index (κ3) is 2.56. The molecule has 2 aliphatic heterocycles. The molecule has 0 aromatic rings. The second kappa shape index (κ2) is 5.45. The molecule has 0 radical (unpaired) electrons. The Labute approximate surface area is 98.4 Å². The van der Waals surface area contributed by atoms with Crippen LogP contribution in [0.3, 0.4) is 0 Å². The lowest BCUT2D eigenvalue weighted by Crippen LogP contribution is -2.51. The van der Waals surface area contributed by atoms with E-state index in [9.17, 15) is 5.11 Å². The molecule has 2 heterocycles. The van der Waals surface area contributed by atoms with Crippen LogP contribution in [-0.4, -0.2) is 65.8 Å². The first-order valence-corrected chi connectivity index (χ1v) is 6.57. The molecule has 0 saturated carbocycles. The number of hydrogen-bond donors (Lipinski definition) is 2. The SMILES string of the molecule is CC(N)C(CO)N1CCCN2CCCC2C1. The van der Waals surface area contributed by atoms with Gasteiger partial charge in [0.05, 0.1) is 6.61 Å². The van der Waals surface area contributed by atoms with E-state index in [1.165, 1.54) is 32.4 Å². The van der Waals surface area contributed by atoms with Gasteiger partial charge < -0.3 is 10.8 Å². The summed E-state index contributed by atoms with van der Waals surface area (Å²) in [6, 6.07) is 0.897. The molecule has 0 spiro atoms. The maximum absolute atomic E-state index is 9.45. The summed E-state index contributed by atoms with van der Waals surface area (Å²) in [5, 5.41) is 9.45. The van der Waals surface area contributed by atoms with Crippen molar-refractivity contribution < 1.29 is 5.11 Å².